The van der Waals surface area contributed by atoms with Crippen LogP contribution >= 0.6 is 0 Å². The number of rotatable bonds is 3. The first-order valence-corrected chi connectivity index (χ1v) is 9.04. The van der Waals surface area contributed by atoms with Gasteiger partial charge in [0.05, 0.1) is 23.5 Å². The monoisotopic (exact) mass is 386 g/mol. The molecule has 1 unspecified atom stereocenters. The number of aliphatic hydroxyl groups excluding tert-OH is 1. The Kier molecular flexibility index (Phi) is 4.60. The zero-order valence-electron chi connectivity index (χ0n) is 15.6. The van der Waals surface area contributed by atoms with Crippen LogP contribution in [0.3, 0.4) is 0 Å². The quantitative estimate of drug-likeness (QED) is 0.407. The number of aromatic hydroxyl groups is 1. The van der Waals surface area contributed by atoms with Gasteiger partial charge in [0.25, 0.3) is 11.7 Å². The van der Waals surface area contributed by atoms with E-state index in [-0.39, 0.29) is 17.1 Å². The van der Waals surface area contributed by atoms with Gasteiger partial charge in [0.2, 0.25) is 0 Å². The highest BCUT2D eigenvalue weighted by molar-refractivity contribution is 6.51. The first-order chi connectivity index (χ1) is 14.0. The van der Waals surface area contributed by atoms with Crippen molar-refractivity contribution in [1.29, 1.82) is 0 Å². The van der Waals surface area contributed by atoms with Gasteiger partial charge in [-0.1, -0.05) is 42.0 Å². The van der Waals surface area contributed by atoms with Gasteiger partial charge in [0.15, 0.2) is 0 Å². The smallest absolute Gasteiger partial charge is 0.300 e. The van der Waals surface area contributed by atoms with Gasteiger partial charge in [-0.25, -0.2) is 0 Å². The van der Waals surface area contributed by atoms with Crippen LogP contribution in [-0.4, -0.2) is 26.9 Å². The molecule has 1 atom stereocenters. The average Bonchev–Trinajstić information content (AvgIpc) is 3.00. The molecule has 6 nitrogen and oxygen atoms in total. The van der Waals surface area contributed by atoms with Gasteiger partial charge in [0, 0.05) is 11.8 Å². The molecule has 0 bridgehead atoms. The average molecular weight is 386 g/mol. The summed E-state index contributed by atoms with van der Waals surface area (Å²) in [5.41, 5.74) is 2.47. The van der Waals surface area contributed by atoms with Crippen molar-refractivity contribution in [1.82, 2.24) is 4.98 Å². The Bertz CT molecular complexity index is 1100. The van der Waals surface area contributed by atoms with Crippen LogP contribution in [-0.2, 0) is 9.59 Å². The Hall–Kier alpha value is -3.93. The third-order valence-electron chi connectivity index (χ3n) is 4.90. The number of carbonyl (C=O) groups excluding carboxylic acids is 2. The minimum absolute atomic E-state index is 0.00611. The number of carbonyl (C=O) groups is 2. The summed E-state index contributed by atoms with van der Waals surface area (Å²) in [6.45, 7) is 1.92. The maximum Gasteiger partial charge on any atom is 0.300 e. The van der Waals surface area contributed by atoms with Crippen molar-refractivity contribution in [2.45, 2.75) is 13.0 Å². The number of phenolic OH excluding ortho intramolecular Hbond substituents is 1. The van der Waals surface area contributed by atoms with Gasteiger partial charge in [-0.3, -0.25) is 19.5 Å². The van der Waals surface area contributed by atoms with Crippen LogP contribution in [0.25, 0.3) is 5.76 Å². The Morgan fingerprint density at radius 3 is 2.31 bits per heavy atom. The number of ketones is 1. The van der Waals surface area contributed by atoms with Gasteiger partial charge in [-0.2, -0.15) is 0 Å². The number of Topliss-reactive ketones (excluding diaryl/α,β-unsaturated/α-hetero) is 1. The first-order valence-electron chi connectivity index (χ1n) is 9.04. The molecule has 3 aromatic rings. The number of phenols is 1. The summed E-state index contributed by atoms with van der Waals surface area (Å²) in [6.07, 6.45) is 3.06. The maximum atomic E-state index is 12.9. The fourth-order valence-electron chi connectivity index (χ4n) is 3.43. The van der Waals surface area contributed by atoms with Crippen LogP contribution in [0.4, 0.5) is 5.69 Å². The molecule has 1 aliphatic rings. The number of hydrogen-bond acceptors (Lipinski definition) is 5. The van der Waals surface area contributed by atoms with Crippen LogP contribution in [0.2, 0.25) is 0 Å². The van der Waals surface area contributed by atoms with E-state index in [0.717, 1.165) is 5.56 Å². The SMILES string of the molecule is Cc1ccc(/C(O)=C2\C(=O)C(=O)N(c3cccnc3)C2c2ccc(O)cc2)cc1. The molecule has 0 radical (unpaired) electrons. The van der Waals surface area contributed by atoms with E-state index in [9.17, 15) is 19.8 Å². The number of nitrogens with zero attached hydrogens (tertiary/aromatic N) is 2. The van der Waals surface area contributed by atoms with Crippen molar-refractivity contribution in [3.63, 3.8) is 0 Å². The molecule has 1 saturated heterocycles. The minimum Gasteiger partial charge on any atom is -0.508 e. The van der Waals surface area contributed by atoms with Crippen LogP contribution in [0.1, 0.15) is 22.7 Å². The van der Waals surface area contributed by atoms with Crippen molar-refractivity contribution in [3.05, 3.63) is 95.3 Å². The molecular formula is C23H18N2O4. The second-order valence-corrected chi connectivity index (χ2v) is 6.84. The molecule has 0 saturated carbocycles. The van der Waals surface area contributed by atoms with E-state index in [1.54, 1.807) is 42.6 Å². The molecule has 4 rings (SSSR count). The summed E-state index contributed by atoms with van der Waals surface area (Å²) in [7, 11) is 0. The highest BCUT2D eigenvalue weighted by Gasteiger charge is 2.47. The van der Waals surface area contributed by atoms with Gasteiger partial charge in [-0.15, -0.1) is 0 Å². The van der Waals surface area contributed by atoms with E-state index in [2.05, 4.69) is 4.98 Å². The normalized spacial score (nSPS) is 18.2. The van der Waals surface area contributed by atoms with E-state index in [0.29, 0.717) is 16.8 Å². The van der Waals surface area contributed by atoms with Crippen molar-refractivity contribution >= 4 is 23.1 Å². The van der Waals surface area contributed by atoms with E-state index in [1.165, 1.54) is 23.2 Å². The van der Waals surface area contributed by atoms with Crippen molar-refractivity contribution < 1.29 is 19.8 Å². The summed E-state index contributed by atoms with van der Waals surface area (Å²) >= 11 is 0. The molecule has 2 heterocycles. The second-order valence-electron chi connectivity index (χ2n) is 6.84. The first kappa shape index (κ1) is 18.4. The molecule has 29 heavy (non-hydrogen) atoms. The lowest BCUT2D eigenvalue weighted by Crippen LogP contribution is -2.29. The van der Waals surface area contributed by atoms with E-state index >= 15 is 0 Å². The molecule has 6 heteroatoms. The topological polar surface area (TPSA) is 90.7 Å². The third-order valence-corrected chi connectivity index (χ3v) is 4.90. The number of amides is 1. The van der Waals surface area contributed by atoms with Gasteiger partial charge < -0.3 is 10.2 Å². The predicted molar refractivity (Wildman–Crippen MR) is 108 cm³/mol. The largest absolute Gasteiger partial charge is 0.508 e. The highest BCUT2D eigenvalue weighted by atomic mass is 16.3. The lowest BCUT2D eigenvalue weighted by molar-refractivity contribution is -0.132. The van der Waals surface area contributed by atoms with Crippen LogP contribution in [0, 0.1) is 6.92 Å². The maximum absolute atomic E-state index is 12.9. The fourth-order valence-corrected chi connectivity index (χ4v) is 3.43. The third kappa shape index (κ3) is 3.25. The standard InChI is InChI=1S/C23H18N2O4/c1-14-4-6-16(7-5-14)21(27)19-20(15-8-10-18(26)11-9-15)25(23(29)22(19)28)17-3-2-12-24-13-17/h2-13,20,26-27H,1H3/b21-19+. The molecule has 2 N–H and O–H groups in total. The van der Waals surface area contributed by atoms with Crippen molar-refractivity contribution in [3.8, 4) is 5.75 Å². The molecule has 1 fully saturated rings. The van der Waals surface area contributed by atoms with Crippen molar-refractivity contribution in [2.75, 3.05) is 4.90 Å². The summed E-state index contributed by atoms with van der Waals surface area (Å²) in [5.74, 6) is -1.70. The highest BCUT2D eigenvalue weighted by Crippen LogP contribution is 2.42. The number of anilines is 1. The molecule has 0 spiro atoms. The van der Waals surface area contributed by atoms with Crippen LogP contribution < -0.4 is 4.90 Å². The summed E-state index contributed by atoms with van der Waals surface area (Å²) in [4.78, 5) is 31.2. The number of benzene rings is 2. The summed E-state index contributed by atoms with van der Waals surface area (Å²) in [6, 6.07) is 15.8. The predicted octanol–water partition coefficient (Wildman–Crippen LogP) is 3.72. The molecule has 1 aliphatic heterocycles. The number of aliphatic hydroxyl groups is 1. The number of aromatic nitrogens is 1. The zero-order chi connectivity index (χ0) is 20.5. The lowest BCUT2D eigenvalue weighted by Gasteiger charge is -2.25. The van der Waals surface area contributed by atoms with Gasteiger partial charge >= 0.3 is 0 Å². The molecule has 144 valence electrons. The van der Waals surface area contributed by atoms with Crippen molar-refractivity contribution in [2.24, 2.45) is 0 Å². The molecular weight excluding hydrogens is 368 g/mol. The zero-order valence-corrected chi connectivity index (χ0v) is 15.6. The lowest BCUT2D eigenvalue weighted by atomic mass is 9.95. The summed E-state index contributed by atoms with van der Waals surface area (Å²) in [5, 5.41) is 20.6. The Balaban J connectivity index is 1.94. The molecule has 1 aromatic heterocycles. The van der Waals surface area contributed by atoms with E-state index in [1.807, 2.05) is 19.1 Å². The number of aryl methyl sites for hydroxylation is 1. The second kappa shape index (κ2) is 7.24. The van der Waals surface area contributed by atoms with Crippen LogP contribution in [0.15, 0.2) is 78.6 Å². The van der Waals surface area contributed by atoms with E-state index < -0.39 is 17.7 Å². The van der Waals surface area contributed by atoms with Gasteiger partial charge in [-0.05, 0) is 36.8 Å². The van der Waals surface area contributed by atoms with E-state index in [4.69, 9.17) is 0 Å². The van der Waals surface area contributed by atoms with Crippen LogP contribution in [0.5, 0.6) is 5.75 Å². The Morgan fingerprint density at radius 1 is 1.00 bits per heavy atom. The minimum atomic E-state index is -0.846. The summed E-state index contributed by atoms with van der Waals surface area (Å²) < 4.78 is 0. The molecule has 1 amide bonds. The fraction of sp³-hybridized carbons (Fsp3) is 0.0870. The Morgan fingerprint density at radius 2 is 1.69 bits per heavy atom. The Labute approximate surface area is 167 Å². The molecule has 0 aliphatic carbocycles. The number of hydrogen-bond donors (Lipinski definition) is 2. The number of pyridine rings is 1. The molecule has 2 aromatic carbocycles. The van der Waals surface area contributed by atoms with Gasteiger partial charge in [0.1, 0.15) is 11.5 Å².